The molecule has 0 aliphatic carbocycles. The molecule has 2 aromatic rings. The molecule has 1 heterocycles. The second kappa shape index (κ2) is 8.12. The monoisotopic (exact) mass is 382 g/mol. The largest absolute Gasteiger partial charge is 0.497 e. The molecular weight excluding hydrogens is 360 g/mol. The van der Waals surface area contributed by atoms with Gasteiger partial charge in [-0.15, -0.1) is 0 Å². The van der Waals surface area contributed by atoms with E-state index in [-0.39, 0.29) is 23.8 Å². The number of carbonyl (C=O) groups is 3. The third-order valence-electron chi connectivity index (χ3n) is 4.85. The first-order chi connectivity index (χ1) is 13.4. The van der Waals surface area contributed by atoms with Crippen LogP contribution < -0.4 is 10.1 Å². The van der Waals surface area contributed by atoms with Crippen LogP contribution >= 0.6 is 0 Å². The number of hydrogen-bond donors (Lipinski definition) is 2. The van der Waals surface area contributed by atoms with Crippen LogP contribution in [0.25, 0.3) is 0 Å². The van der Waals surface area contributed by atoms with Crippen molar-refractivity contribution in [2.75, 3.05) is 19.0 Å². The van der Waals surface area contributed by atoms with Crippen molar-refractivity contribution < 1.29 is 24.2 Å². The number of benzene rings is 2. The first-order valence-electron chi connectivity index (χ1n) is 8.93. The summed E-state index contributed by atoms with van der Waals surface area (Å²) in [6.45, 7) is 2.45. The molecule has 1 fully saturated rings. The van der Waals surface area contributed by atoms with Gasteiger partial charge in [0.1, 0.15) is 5.75 Å². The lowest BCUT2D eigenvalue weighted by atomic mass is 10.1. The Balaban J connectivity index is 1.63. The molecule has 2 N–H and O–H groups in total. The Morgan fingerprint density at radius 2 is 1.93 bits per heavy atom. The second-order valence-electron chi connectivity index (χ2n) is 6.85. The van der Waals surface area contributed by atoms with Crippen LogP contribution in [-0.4, -0.2) is 41.4 Å². The number of aryl methyl sites for hydroxylation is 1. The number of amides is 2. The molecule has 0 spiro atoms. The Hall–Kier alpha value is -3.35. The summed E-state index contributed by atoms with van der Waals surface area (Å²) in [6, 6.07) is 12.2. The molecule has 0 aromatic heterocycles. The highest BCUT2D eigenvalue weighted by atomic mass is 16.5. The van der Waals surface area contributed by atoms with Gasteiger partial charge in [0.2, 0.25) is 11.8 Å². The number of likely N-dealkylation sites (tertiary alicyclic amines) is 1. The number of carbonyl (C=O) groups excluding carboxylic acids is 2. The molecule has 0 saturated carbocycles. The lowest BCUT2D eigenvalue weighted by Gasteiger charge is -2.17. The summed E-state index contributed by atoms with van der Waals surface area (Å²) in [6.07, 6.45) is 0.139. The Labute approximate surface area is 162 Å². The number of hydrogen-bond acceptors (Lipinski definition) is 4. The number of nitrogens with one attached hydrogen (secondary N) is 1. The van der Waals surface area contributed by atoms with Crippen LogP contribution in [0.4, 0.5) is 5.69 Å². The summed E-state index contributed by atoms with van der Waals surface area (Å²) in [4.78, 5) is 37.8. The van der Waals surface area contributed by atoms with Gasteiger partial charge in [0.05, 0.1) is 18.6 Å². The fourth-order valence-electron chi connectivity index (χ4n) is 3.23. The zero-order valence-electron chi connectivity index (χ0n) is 15.8. The topological polar surface area (TPSA) is 95.9 Å². The summed E-state index contributed by atoms with van der Waals surface area (Å²) in [5.74, 6) is -1.14. The van der Waals surface area contributed by atoms with Crippen LogP contribution in [0.3, 0.4) is 0 Å². The first kappa shape index (κ1) is 19.4. The Morgan fingerprint density at radius 3 is 2.57 bits per heavy atom. The van der Waals surface area contributed by atoms with Crippen molar-refractivity contribution >= 4 is 23.5 Å². The predicted molar refractivity (Wildman–Crippen MR) is 103 cm³/mol. The van der Waals surface area contributed by atoms with E-state index in [0.29, 0.717) is 24.3 Å². The number of carboxylic acids is 1. The average Bonchev–Trinajstić information content (AvgIpc) is 3.04. The van der Waals surface area contributed by atoms with Gasteiger partial charge in [-0.25, -0.2) is 4.79 Å². The molecule has 28 heavy (non-hydrogen) atoms. The van der Waals surface area contributed by atoms with Crippen molar-refractivity contribution in [3.63, 3.8) is 0 Å². The van der Waals surface area contributed by atoms with Crippen LogP contribution in [0.5, 0.6) is 5.75 Å². The number of nitrogens with zero attached hydrogens (tertiary/aromatic N) is 1. The summed E-state index contributed by atoms with van der Waals surface area (Å²) < 4.78 is 5.13. The van der Waals surface area contributed by atoms with Crippen LogP contribution in [0.2, 0.25) is 0 Å². The maximum atomic E-state index is 12.6. The molecule has 2 amide bonds. The molecule has 3 rings (SSSR count). The minimum atomic E-state index is -1.05. The number of aromatic carboxylic acids is 1. The third-order valence-corrected chi connectivity index (χ3v) is 4.85. The van der Waals surface area contributed by atoms with E-state index in [9.17, 15) is 19.5 Å². The first-order valence-corrected chi connectivity index (χ1v) is 8.93. The van der Waals surface area contributed by atoms with Gasteiger partial charge in [-0.3, -0.25) is 9.59 Å². The van der Waals surface area contributed by atoms with Crippen molar-refractivity contribution in [1.82, 2.24) is 4.90 Å². The van der Waals surface area contributed by atoms with Crippen molar-refractivity contribution in [2.45, 2.75) is 19.9 Å². The normalized spacial score (nSPS) is 16.1. The van der Waals surface area contributed by atoms with E-state index in [4.69, 9.17) is 4.74 Å². The predicted octanol–water partition coefficient (Wildman–Crippen LogP) is 2.69. The fourth-order valence-corrected chi connectivity index (χ4v) is 3.23. The average molecular weight is 382 g/mol. The zero-order chi connectivity index (χ0) is 20.3. The molecular formula is C21H22N2O5. The number of methoxy groups -OCH3 is 1. The van der Waals surface area contributed by atoms with E-state index in [1.54, 1.807) is 31.1 Å². The van der Waals surface area contributed by atoms with Crippen LogP contribution in [0, 0.1) is 12.8 Å². The maximum absolute atomic E-state index is 12.6. The highest BCUT2D eigenvalue weighted by Crippen LogP contribution is 2.23. The van der Waals surface area contributed by atoms with E-state index < -0.39 is 11.9 Å². The van der Waals surface area contributed by atoms with Gasteiger partial charge in [0.15, 0.2) is 0 Å². The number of anilines is 1. The molecule has 7 heteroatoms. The van der Waals surface area contributed by atoms with Gasteiger partial charge in [-0.2, -0.15) is 0 Å². The summed E-state index contributed by atoms with van der Waals surface area (Å²) in [7, 11) is 1.59. The smallest absolute Gasteiger partial charge is 0.336 e. The number of ether oxygens (including phenoxy) is 1. The molecule has 1 saturated heterocycles. The molecule has 7 nitrogen and oxygen atoms in total. The van der Waals surface area contributed by atoms with E-state index in [0.717, 1.165) is 11.3 Å². The van der Waals surface area contributed by atoms with E-state index >= 15 is 0 Å². The molecule has 1 aliphatic heterocycles. The third kappa shape index (κ3) is 4.31. The second-order valence-corrected chi connectivity index (χ2v) is 6.85. The van der Waals surface area contributed by atoms with Gasteiger partial charge in [0.25, 0.3) is 0 Å². The minimum Gasteiger partial charge on any atom is -0.497 e. The van der Waals surface area contributed by atoms with Crippen molar-refractivity contribution in [3.05, 3.63) is 59.2 Å². The summed E-state index contributed by atoms with van der Waals surface area (Å²) in [5.41, 5.74) is 2.13. The minimum absolute atomic E-state index is 0.0777. The summed E-state index contributed by atoms with van der Waals surface area (Å²) >= 11 is 0. The van der Waals surface area contributed by atoms with Crippen molar-refractivity contribution in [2.24, 2.45) is 5.92 Å². The van der Waals surface area contributed by atoms with Crippen molar-refractivity contribution in [1.29, 1.82) is 0 Å². The molecule has 2 aromatic carbocycles. The lowest BCUT2D eigenvalue weighted by molar-refractivity contribution is -0.128. The van der Waals surface area contributed by atoms with Crippen molar-refractivity contribution in [3.8, 4) is 5.75 Å². The zero-order valence-corrected chi connectivity index (χ0v) is 15.8. The highest BCUT2D eigenvalue weighted by molar-refractivity contribution is 5.98. The van der Waals surface area contributed by atoms with E-state index in [1.165, 1.54) is 6.07 Å². The number of rotatable bonds is 6. The molecule has 1 atom stereocenters. The fraction of sp³-hybridized carbons (Fsp3) is 0.286. The van der Waals surface area contributed by atoms with Gasteiger partial charge < -0.3 is 20.1 Å². The highest BCUT2D eigenvalue weighted by Gasteiger charge is 2.34. The Bertz CT molecular complexity index is 908. The molecule has 1 unspecified atom stereocenters. The van der Waals surface area contributed by atoms with E-state index in [2.05, 4.69) is 5.32 Å². The van der Waals surface area contributed by atoms with Gasteiger partial charge >= 0.3 is 5.97 Å². The maximum Gasteiger partial charge on any atom is 0.336 e. The Kier molecular flexibility index (Phi) is 5.63. The lowest BCUT2D eigenvalue weighted by Crippen LogP contribution is -2.28. The van der Waals surface area contributed by atoms with Crippen LogP contribution in [-0.2, 0) is 16.1 Å². The summed E-state index contributed by atoms with van der Waals surface area (Å²) in [5, 5.41) is 11.9. The standard InChI is InChI=1S/C21H22N2O5/c1-13-3-6-16(10-18(13)21(26)27)22-20(25)15-9-19(24)23(12-15)11-14-4-7-17(28-2)8-5-14/h3-8,10,15H,9,11-12H2,1-2H3,(H,22,25)(H,26,27). The Morgan fingerprint density at radius 1 is 1.21 bits per heavy atom. The molecule has 0 radical (unpaired) electrons. The SMILES string of the molecule is COc1ccc(CN2CC(C(=O)Nc3ccc(C)c(C(=O)O)c3)CC2=O)cc1. The number of carboxylic acid groups (broad SMARTS) is 1. The van der Waals surface area contributed by atoms with Gasteiger partial charge in [-0.05, 0) is 42.3 Å². The van der Waals surface area contributed by atoms with E-state index in [1.807, 2.05) is 24.3 Å². The van der Waals surface area contributed by atoms with Gasteiger partial charge in [0, 0.05) is 25.2 Å². The molecule has 146 valence electrons. The van der Waals surface area contributed by atoms with Crippen LogP contribution in [0.15, 0.2) is 42.5 Å². The van der Waals surface area contributed by atoms with Crippen LogP contribution in [0.1, 0.15) is 27.9 Å². The molecule has 1 aliphatic rings. The molecule has 0 bridgehead atoms. The van der Waals surface area contributed by atoms with Gasteiger partial charge in [-0.1, -0.05) is 18.2 Å². The quantitative estimate of drug-likeness (QED) is 0.801.